The van der Waals surface area contributed by atoms with Crippen molar-refractivity contribution >= 4 is 23.2 Å². The fourth-order valence-corrected chi connectivity index (χ4v) is 7.58. The Labute approximate surface area is 374 Å². The van der Waals surface area contributed by atoms with E-state index in [1.54, 1.807) is 0 Å². The molecular weight excluding hydrogens is 788 g/mol. The molecule has 6 aromatic carbocycles. The second-order valence-corrected chi connectivity index (χ2v) is 20.7. The van der Waals surface area contributed by atoms with Gasteiger partial charge in [-0.05, 0) is 88.4 Å². The third-order valence-electron chi connectivity index (χ3n) is 11.3. The van der Waals surface area contributed by atoms with E-state index in [1.807, 2.05) is 0 Å². The van der Waals surface area contributed by atoms with Crippen LogP contribution in [0.2, 0.25) is 0 Å². The summed E-state index contributed by atoms with van der Waals surface area (Å²) < 4.78 is 0. The largest absolute Gasteiger partial charge is 0.204 e. The Morgan fingerprint density at radius 1 is 0.311 bits per heavy atom. The Hall–Kier alpha value is -5.16. The Morgan fingerprint density at radius 2 is 0.492 bits per heavy atom. The zero-order valence-electron chi connectivity index (χ0n) is 38.0. The Balaban J connectivity index is 0.00000201. The average Bonchev–Trinajstić information content (AvgIpc) is 3.22. The van der Waals surface area contributed by atoms with E-state index in [0.717, 1.165) is 55.6 Å². The summed E-state index contributed by atoms with van der Waals surface area (Å²) >= 11 is 9.53. The molecule has 61 heavy (non-hydrogen) atoms. The Bertz CT molecular complexity index is 2220. The molecule has 0 N–H and O–H groups in total. The number of hydrogen-bond donors (Lipinski definition) is 0. The van der Waals surface area contributed by atoms with Gasteiger partial charge in [0.1, 0.15) is 0 Å². The molecule has 0 saturated carbocycles. The first-order valence-electron chi connectivity index (χ1n) is 21.1. The number of benzene rings is 6. The zero-order valence-corrected chi connectivity index (χ0v) is 39.5. The highest BCUT2D eigenvalue weighted by Gasteiger charge is 2.24. The summed E-state index contributed by atoms with van der Waals surface area (Å²) in [6.07, 6.45) is 0. The van der Waals surface area contributed by atoms with Crippen molar-refractivity contribution in [2.24, 2.45) is 0 Å². The zero-order chi connectivity index (χ0) is 44.3. The van der Waals surface area contributed by atoms with Crippen molar-refractivity contribution in [3.05, 3.63) is 156 Å². The van der Waals surface area contributed by atoms with Gasteiger partial charge in [0.15, 0.2) is 0 Å². The molecular formula is C55H60Cl2N4. The van der Waals surface area contributed by atoms with Gasteiger partial charge in [-0.1, -0.05) is 217 Å². The quantitative estimate of drug-likeness (QED) is 0.156. The van der Waals surface area contributed by atoms with E-state index >= 15 is 0 Å². The minimum absolute atomic E-state index is 0.0448. The minimum atomic E-state index is 0.0448. The van der Waals surface area contributed by atoms with Crippen LogP contribution in [0.4, 0.5) is 0 Å². The van der Waals surface area contributed by atoms with Gasteiger partial charge in [-0.2, -0.15) is 0 Å². The summed E-state index contributed by atoms with van der Waals surface area (Å²) in [6.45, 7) is 26.9. The van der Waals surface area contributed by atoms with Gasteiger partial charge in [0.05, 0.1) is 5.34 Å². The van der Waals surface area contributed by atoms with Gasteiger partial charge in [-0.25, -0.2) is 0 Å². The third kappa shape index (κ3) is 10.5. The number of hydrogen-bond acceptors (Lipinski definition) is 4. The van der Waals surface area contributed by atoms with E-state index in [9.17, 15) is 0 Å². The van der Waals surface area contributed by atoms with Gasteiger partial charge < -0.3 is 0 Å². The first kappa shape index (κ1) is 45.4. The summed E-state index contributed by atoms with van der Waals surface area (Å²) in [5.41, 5.74) is 15.6. The van der Waals surface area contributed by atoms with E-state index in [-0.39, 0.29) is 27.0 Å². The van der Waals surface area contributed by atoms with E-state index in [0.29, 0.717) is 11.6 Å². The highest BCUT2D eigenvalue weighted by molar-refractivity contribution is 6.40. The van der Waals surface area contributed by atoms with Crippen LogP contribution in [0.5, 0.6) is 0 Å². The van der Waals surface area contributed by atoms with E-state index in [4.69, 9.17) is 43.6 Å². The van der Waals surface area contributed by atoms with Crippen LogP contribution in [-0.2, 0) is 21.7 Å². The Morgan fingerprint density at radius 3 is 0.656 bits per heavy atom. The molecule has 1 aromatic heterocycles. The van der Waals surface area contributed by atoms with Crippen LogP contribution in [-0.4, -0.2) is 25.7 Å². The molecule has 4 nitrogen and oxygen atoms in total. The van der Waals surface area contributed by atoms with Crippen molar-refractivity contribution in [1.29, 1.82) is 0 Å². The van der Waals surface area contributed by atoms with Gasteiger partial charge in [-0.15, -0.1) is 43.6 Å². The summed E-state index contributed by atoms with van der Waals surface area (Å²) in [4.78, 5) is 0. The molecule has 6 heteroatoms. The number of aromatic nitrogens is 4. The van der Waals surface area contributed by atoms with Crippen LogP contribution in [0.3, 0.4) is 0 Å². The van der Waals surface area contributed by atoms with Gasteiger partial charge in [-0.3, -0.25) is 0 Å². The molecule has 7 rings (SSSR count). The molecule has 0 unspecified atom stereocenters. The van der Waals surface area contributed by atoms with Crippen LogP contribution < -0.4 is 0 Å². The highest BCUT2D eigenvalue weighted by atomic mass is 35.5. The molecule has 0 fully saturated rings. The van der Waals surface area contributed by atoms with Crippen molar-refractivity contribution in [3.63, 3.8) is 0 Å². The van der Waals surface area contributed by atoms with E-state index in [2.05, 4.69) is 217 Å². The molecule has 0 aliphatic carbocycles. The molecule has 7 aromatic rings. The predicted molar refractivity (Wildman–Crippen MR) is 262 cm³/mol. The van der Waals surface area contributed by atoms with Gasteiger partial charge >= 0.3 is 0 Å². The molecule has 0 spiro atoms. The van der Waals surface area contributed by atoms with Crippen LogP contribution in [0.1, 0.15) is 105 Å². The molecule has 0 radical (unpaired) electrons. The molecule has 0 bridgehead atoms. The van der Waals surface area contributed by atoms with Crippen molar-refractivity contribution in [2.45, 2.75) is 105 Å². The second kappa shape index (κ2) is 18.1. The molecule has 0 aliphatic rings. The van der Waals surface area contributed by atoms with Crippen LogP contribution in [0.25, 0.3) is 67.3 Å². The molecule has 1 heterocycles. The second-order valence-electron chi connectivity index (χ2n) is 19.9. The molecule has 314 valence electrons. The van der Waals surface area contributed by atoms with Crippen molar-refractivity contribution in [3.8, 4) is 67.3 Å². The maximum atomic E-state index is 4.95. The number of nitrogens with zero attached hydrogens (tertiary/aromatic N) is 4. The molecule has 0 amide bonds. The van der Waals surface area contributed by atoms with Gasteiger partial charge in [0.25, 0.3) is 0 Å². The highest BCUT2D eigenvalue weighted by Crippen LogP contribution is 2.42. The number of alkyl halides is 2. The third-order valence-corrected chi connectivity index (χ3v) is 11.3. The summed E-state index contributed by atoms with van der Waals surface area (Å²) in [7, 11) is 0. The lowest BCUT2D eigenvalue weighted by Gasteiger charge is -2.21. The lowest BCUT2D eigenvalue weighted by Crippen LogP contribution is -2.10. The van der Waals surface area contributed by atoms with Crippen molar-refractivity contribution in [2.75, 3.05) is 5.34 Å². The summed E-state index contributed by atoms with van der Waals surface area (Å²) in [5, 5.41) is 20.0. The number of rotatable bonds is 6. The van der Waals surface area contributed by atoms with Crippen LogP contribution in [0, 0.1) is 0 Å². The van der Waals surface area contributed by atoms with E-state index < -0.39 is 0 Å². The smallest absolute Gasteiger partial charge is 0.126 e. The minimum Gasteiger partial charge on any atom is -0.126 e. The average molecular weight is 848 g/mol. The first-order valence-corrected chi connectivity index (χ1v) is 22.2. The van der Waals surface area contributed by atoms with E-state index in [1.165, 1.54) is 22.3 Å². The monoisotopic (exact) mass is 846 g/mol. The fourth-order valence-electron chi connectivity index (χ4n) is 7.58. The van der Waals surface area contributed by atoms with Gasteiger partial charge in [0, 0.05) is 11.1 Å². The predicted octanol–water partition coefficient (Wildman–Crippen LogP) is 15.9. The van der Waals surface area contributed by atoms with Gasteiger partial charge in [0.2, 0.25) is 11.6 Å². The number of halogens is 2. The standard InChI is InChI=1S/C54H58N4.CH2Cl2/c1-51(2,3)39-27-19-35(20-28-39)43-15-13-16-44(36-21-29-40(30-22-36)52(4,5)6)47(43)49-55-57-50(58-56-49)48-45(37-23-31-41(32-24-37)53(7,8)9)17-14-18-46(48)38-25-33-42(34-26-38)54(10,11)12;2-1-3/h13-34H,1-12H3;1H2. The summed E-state index contributed by atoms with van der Waals surface area (Å²) in [5.74, 6) is 0.967. The summed E-state index contributed by atoms with van der Waals surface area (Å²) in [6, 6.07) is 48.3. The first-order chi connectivity index (χ1) is 28.7. The van der Waals surface area contributed by atoms with Crippen molar-refractivity contribution in [1.82, 2.24) is 20.4 Å². The lowest BCUT2D eigenvalue weighted by atomic mass is 9.84. The SMILES string of the molecule is CC(C)(C)c1ccc(-c2cccc(-c3ccc(C(C)(C)C)cc3)c2-c2nnc(-c3c(-c4ccc(C(C)(C)C)cc4)cccc3-c3ccc(C(C)(C)C)cc3)nn2)cc1.ClCCl. The maximum absolute atomic E-state index is 4.95. The van der Waals surface area contributed by atoms with Crippen molar-refractivity contribution < 1.29 is 0 Å². The van der Waals surface area contributed by atoms with Crippen LogP contribution >= 0.6 is 23.2 Å². The topological polar surface area (TPSA) is 51.6 Å². The molecule has 0 aliphatic heterocycles. The Kier molecular flexibility index (Phi) is 13.4. The lowest BCUT2D eigenvalue weighted by molar-refractivity contribution is 0.590. The van der Waals surface area contributed by atoms with Crippen LogP contribution in [0.15, 0.2) is 133 Å². The normalized spacial score (nSPS) is 12.2. The molecule has 0 atom stereocenters. The maximum Gasteiger partial charge on any atom is 0.204 e. The fraction of sp³-hybridized carbons (Fsp3) is 0.309. The molecule has 0 saturated heterocycles.